The van der Waals surface area contributed by atoms with Gasteiger partial charge in [0.2, 0.25) is 0 Å². The van der Waals surface area contributed by atoms with Gasteiger partial charge in [0.1, 0.15) is 16.0 Å². The molecule has 6 nitrogen and oxygen atoms in total. The van der Waals surface area contributed by atoms with E-state index < -0.39 is 5.91 Å². The summed E-state index contributed by atoms with van der Waals surface area (Å²) in [7, 11) is 1.44. The molecule has 0 aromatic heterocycles. The van der Waals surface area contributed by atoms with Crippen LogP contribution in [0.15, 0.2) is 22.7 Å². The normalized spacial score (nSPS) is 14.3. The van der Waals surface area contributed by atoms with Crippen LogP contribution >= 0.6 is 23.5 Å². The maximum absolute atomic E-state index is 11.2. The van der Waals surface area contributed by atoms with E-state index in [2.05, 4.69) is 4.99 Å². The first-order valence-electron chi connectivity index (χ1n) is 6.66. The lowest BCUT2D eigenvalue weighted by molar-refractivity contribution is -0.114. The molecule has 0 unspecified atom stereocenters. The molecular weight excluding hydrogens is 334 g/mol. The minimum absolute atomic E-state index is 0.0401. The van der Waals surface area contributed by atoms with Crippen LogP contribution in [-0.4, -0.2) is 34.8 Å². The first-order chi connectivity index (χ1) is 11.0. The maximum Gasteiger partial charge on any atom is 0.259 e. The fourth-order valence-electron chi connectivity index (χ4n) is 1.91. The van der Waals surface area contributed by atoms with Crippen molar-refractivity contribution in [2.24, 2.45) is 10.7 Å². The number of hydrogen-bond donors (Lipinski definition) is 2. The average molecular weight is 349 g/mol. The largest absolute Gasteiger partial charge is 0.504 e. The molecule has 23 heavy (non-hydrogen) atoms. The molecule has 0 atom stereocenters. The summed E-state index contributed by atoms with van der Waals surface area (Å²) in [6.07, 6.45) is 1.38. The highest BCUT2D eigenvalue weighted by molar-refractivity contribution is 8.38. The van der Waals surface area contributed by atoms with E-state index in [0.717, 1.165) is 16.7 Å². The van der Waals surface area contributed by atoms with Gasteiger partial charge >= 0.3 is 0 Å². The number of carbonyl (C=O) groups excluding carboxylic acids is 1. The summed E-state index contributed by atoms with van der Waals surface area (Å²) >= 11 is 3.21. The van der Waals surface area contributed by atoms with Crippen molar-refractivity contribution >= 4 is 39.9 Å². The number of phenols is 1. The molecule has 0 saturated carbocycles. The maximum atomic E-state index is 11.2. The predicted octanol–water partition coefficient (Wildman–Crippen LogP) is 2.13. The number of aromatic hydroxyl groups is 1. The van der Waals surface area contributed by atoms with E-state index in [1.807, 2.05) is 0 Å². The second-order valence-electron chi connectivity index (χ2n) is 4.55. The van der Waals surface area contributed by atoms with E-state index in [1.54, 1.807) is 30.0 Å². The Balaban J connectivity index is 2.32. The van der Waals surface area contributed by atoms with Crippen molar-refractivity contribution in [3.05, 3.63) is 28.8 Å². The van der Waals surface area contributed by atoms with Crippen LogP contribution in [0.1, 0.15) is 11.1 Å². The molecule has 0 fully saturated rings. The summed E-state index contributed by atoms with van der Waals surface area (Å²) in [6, 6.07) is 5.00. The molecule has 0 aliphatic carbocycles. The van der Waals surface area contributed by atoms with E-state index in [0.29, 0.717) is 16.9 Å². The van der Waals surface area contributed by atoms with Crippen LogP contribution in [-0.2, 0) is 10.5 Å². The molecule has 1 heterocycles. The number of thioether (sulfide) groups is 2. The van der Waals surface area contributed by atoms with Crippen molar-refractivity contribution in [1.29, 1.82) is 5.26 Å². The molecule has 2 rings (SSSR count). The summed E-state index contributed by atoms with van der Waals surface area (Å²) in [5.74, 6) is 1.00. The Kier molecular flexibility index (Phi) is 5.96. The third-order valence-electron chi connectivity index (χ3n) is 3.00. The minimum Gasteiger partial charge on any atom is -0.504 e. The lowest BCUT2D eigenvalue weighted by Crippen LogP contribution is -2.12. The number of hydrogen-bond acceptors (Lipinski definition) is 7. The van der Waals surface area contributed by atoms with Gasteiger partial charge in [-0.15, -0.1) is 0 Å². The Morgan fingerprint density at radius 2 is 2.43 bits per heavy atom. The number of benzene rings is 1. The number of nitrogens with zero attached hydrogens (tertiary/aromatic N) is 2. The van der Waals surface area contributed by atoms with Gasteiger partial charge in [0.05, 0.1) is 13.7 Å². The van der Waals surface area contributed by atoms with E-state index in [9.17, 15) is 9.90 Å². The first kappa shape index (κ1) is 17.2. The molecule has 0 radical (unpaired) electrons. The topological polar surface area (TPSA) is 109 Å². The van der Waals surface area contributed by atoms with Crippen LogP contribution in [0, 0.1) is 11.3 Å². The molecule has 3 N–H and O–H groups in total. The van der Waals surface area contributed by atoms with Gasteiger partial charge in [-0.3, -0.25) is 9.79 Å². The molecule has 1 amide bonds. The van der Waals surface area contributed by atoms with Gasteiger partial charge in [-0.25, -0.2) is 0 Å². The van der Waals surface area contributed by atoms with Crippen LogP contribution in [0.2, 0.25) is 0 Å². The van der Waals surface area contributed by atoms with Crippen LogP contribution in [0.25, 0.3) is 6.08 Å². The number of primary amides is 1. The second kappa shape index (κ2) is 7.94. The van der Waals surface area contributed by atoms with Crippen LogP contribution in [0.5, 0.6) is 11.5 Å². The fraction of sp³-hybridized carbons (Fsp3) is 0.267. The number of phenolic OH excluding ortho intramolecular Hbond substituents is 1. The van der Waals surface area contributed by atoms with Crippen molar-refractivity contribution in [3.8, 4) is 17.6 Å². The van der Waals surface area contributed by atoms with Crippen LogP contribution in [0.3, 0.4) is 0 Å². The molecule has 0 spiro atoms. The SMILES string of the molecule is COc1cc(/C=C(/C#N)C(N)=O)cc(CSC2=NCCS2)c1O. The average Bonchev–Trinajstić information content (AvgIpc) is 3.05. The zero-order valence-corrected chi connectivity index (χ0v) is 14.0. The van der Waals surface area contributed by atoms with Gasteiger partial charge in [-0.2, -0.15) is 5.26 Å². The van der Waals surface area contributed by atoms with Gasteiger partial charge in [-0.05, 0) is 23.8 Å². The third kappa shape index (κ3) is 4.43. The molecule has 120 valence electrons. The zero-order valence-electron chi connectivity index (χ0n) is 12.4. The summed E-state index contributed by atoms with van der Waals surface area (Å²) < 4.78 is 6.14. The minimum atomic E-state index is -0.799. The Morgan fingerprint density at radius 1 is 1.65 bits per heavy atom. The number of nitriles is 1. The highest BCUT2D eigenvalue weighted by atomic mass is 32.2. The summed E-state index contributed by atoms with van der Waals surface area (Å²) in [6.45, 7) is 0.815. The predicted molar refractivity (Wildman–Crippen MR) is 93.5 cm³/mol. The molecule has 1 aromatic carbocycles. The Labute approximate surface area is 142 Å². The number of nitrogens with two attached hydrogens (primary N) is 1. The first-order valence-corrected chi connectivity index (χ1v) is 8.63. The lowest BCUT2D eigenvalue weighted by atomic mass is 10.1. The zero-order chi connectivity index (χ0) is 16.8. The number of rotatable bonds is 5. The van der Waals surface area contributed by atoms with E-state index in [-0.39, 0.29) is 17.1 Å². The number of amides is 1. The lowest BCUT2D eigenvalue weighted by Gasteiger charge is -2.10. The van der Waals surface area contributed by atoms with Gasteiger partial charge in [0.25, 0.3) is 5.91 Å². The van der Waals surface area contributed by atoms with E-state index >= 15 is 0 Å². The summed E-state index contributed by atoms with van der Waals surface area (Å²) in [5.41, 5.74) is 6.18. The van der Waals surface area contributed by atoms with E-state index in [1.165, 1.54) is 24.9 Å². The van der Waals surface area contributed by atoms with Crippen molar-refractivity contribution in [2.45, 2.75) is 5.75 Å². The number of ether oxygens (including phenoxy) is 1. The molecule has 0 saturated heterocycles. The standard InChI is InChI=1S/C15H15N3O3S2/c1-21-12-6-9(4-10(7-16)14(17)20)5-11(13(12)19)8-23-15-18-2-3-22-15/h4-6,19H,2-3,8H2,1H3,(H2,17,20)/b10-4-. The Morgan fingerprint density at radius 3 is 3.00 bits per heavy atom. The monoisotopic (exact) mass is 349 g/mol. The highest BCUT2D eigenvalue weighted by Crippen LogP contribution is 2.36. The fourth-order valence-corrected chi connectivity index (χ4v) is 3.89. The third-order valence-corrected chi connectivity index (χ3v) is 5.30. The van der Waals surface area contributed by atoms with Crippen LogP contribution in [0.4, 0.5) is 0 Å². The second-order valence-corrected chi connectivity index (χ2v) is 6.86. The van der Waals surface area contributed by atoms with Gasteiger partial charge in [-0.1, -0.05) is 23.5 Å². The Hall–Kier alpha value is -2.11. The van der Waals surface area contributed by atoms with Crippen molar-refractivity contribution in [2.75, 3.05) is 19.4 Å². The number of aliphatic imine (C=N–C) groups is 1. The number of methoxy groups -OCH3 is 1. The smallest absolute Gasteiger partial charge is 0.259 e. The molecular formula is C15H15N3O3S2. The highest BCUT2D eigenvalue weighted by Gasteiger charge is 2.14. The van der Waals surface area contributed by atoms with Crippen molar-refractivity contribution < 1.29 is 14.6 Å². The van der Waals surface area contributed by atoms with E-state index in [4.69, 9.17) is 15.7 Å². The summed E-state index contributed by atoms with van der Waals surface area (Å²) in [4.78, 5) is 15.5. The summed E-state index contributed by atoms with van der Waals surface area (Å²) in [5, 5.41) is 19.2. The molecule has 0 bridgehead atoms. The number of carbonyl (C=O) groups is 1. The molecule has 1 aromatic rings. The van der Waals surface area contributed by atoms with Crippen LogP contribution < -0.4 is 10.5 Å². The van der Waals surface area contributed by atoms with Gasteiger partial charge in [0, 0.05) is 17.1 Å². The molecule has 8 heteroatoms. The Bertz CT molecular complexity index is 723. The molecule has 1 aliphatic heterocycles. The van der Waals surface area contributed by atoms with Gasteiger partial charge < -0.3 is 15.6 Å². The van der Waals surface area contributed by atoms with Crippen molar-refractivity contribution in [1.82, 2.24) is 0 Å². The van der Waals surface area contributed by atoms with Gasteiger partial charge in [0.15, 0.2) is 11.5 Å². The molecule has 1 aliphatic rings. The van der Waals surface area contributed by atoms with Crippen molar-refractivity contribution in [3.63, 3.8) is 0 Å². The quantitative estimate of drug-likeness (QED) is 0.622.